The summed E-state index contributed by atoms with van der Waals surface area (Å²) in [5.74, 6) is 0.0596. The third-order valence-corrected chi connectivity index (χ3v) is 3.54. The Morgan fingerprint density at radius 3 is 2.61 bits per heavy atom. The molecule has 1 atom stereocenters. The van der Waals surface area contributed by atoms with Crippen LogP contribution in [0.2, 0.25) is 0 Å². The molecule has 124 valence electrons. The highest BCUT2D eigenvalue weighted by molar-refractivity contribution is 5.77. The quantitative estimate of drug-likeness (QED) is 0.794. The molecule has 8 nitrogen and oxygen atoms in total. The number of rotatable bonds is 6. The van der Waals surface area contributed by atoms with Crippen molar-refractivity contribution in [2.45, 2.75) is 32.7 Å². The van der Waals surface area contributed by atoms with Crippen LogP contribution in [0.3, 0.4) is 0 Å². The van der Waals surface area contributed by atoms with Gasteiger partial charge >= 0.3 is 11.9 Å². The molecule has 0 radical (unpaired) electrons. The number of nitrogens with one attached hydrogen (secondary N) is 1. The van der Waals surface area contributed by atoms with Crippen LogP contribution >= 0.6 is 0 Å². The number of methoxy groups -OCH3 is 2. The fraction of sp³-hybridized carbons (Fsp3) is 0.467. The first-order valence-corrected chi connectivity index (χ1v) is 7.13. The van der Waals surface area contributed by atoms with Crippen LogP contribution in [0.5, 0.6) is 0 Å². The van der Waals surface area contributed by atoms with Gasteiger partial charge in [-0.1, -0.05) is 0 Å². The molecule has 0 saturated heterocycles. The van der Waals surface area contributed by atoms with Gasteiger partial charge in [-0.2, -0.15) is 0 Å². The monoisotopic (exact) mass is 320 g/mol. The minimum Gasteiger partial charge on any atom is -0.468 e. The lowest BCUT2D eigenvalue weighted by Crippen LogP contribution is -2.17. The number of ether oxygens (including phenoxy) is 2. The van der Waals surface area contributed by atoms with Gasteiger partial charge in [0.2, 0.25) is 0 Å². The van der Waals surface area contributed by atoms with Crippen LogP contribution in [0, 0.1) is 13.8 Å². The molecule has 0 aliphatic carbocycles. The first-order chi connectivity index (χ1) is 10.9. The van der Waals surface area contributed by atoms with Crippen molar-refractivity contribution in [2.24, 2.45) is 0 Å². The number of hydrogen-bond acceptors (Lipinski definition) is 6. The van der Waals surface area contributed by atoms with E-state index in [-0.39, 0.29) is 18.5 Å². The zero-order valence-corrected chi connectivity index (χ0v) is 13.6. The normalized spacial score (nSPS) is 12.0. The van der Waals surface area contributed by atoms with Crippen molar-refractivity contribution in [3.8, 4) is 0 Å². The summed E-state index contributed by atoms with van der Waals surface area (Å²) in [4.78, 5) is 35.2. The van der Waals surface area contributed by atoms with Gasteiger partial charge in [-0.15, -0.1) is 0 Å². The zero-order chi connectivity index (χ0) is 17.0. The van der Waals surface area contributed by atoms with Crippen molar-refractivity contribution in [1.82, 2.24) is 19.5 Å². The molecule has 0 aliphatic rings. The summed E-state index contributed by atoms with van der Waals surface area (Å²) in [7, 11) is 2.67. The Morgan fingerprint density at radius 1 is 1.30 bits per heavy atom. The van der Waals surface area contributed by atoms with E-state index in [0.717, 1.165) is 11.5 Å². The summed E-state index contributed by atoms with van der Waals surface area (Å²) in [6.45, 7) is 3.65. The number of nitrogens with zero attached hydrogens (tertiary/aromatic N) is 3. The molecule has 0 spiro atoms. The smallest absolute Gasteiger partial charge is 0.325 e. The molecule has 2 heterocycles. The highest BCUT2D eigenvalue weighted by Crippen LogP contribution is 2.21. The first-order valence-electron chi connectivity index (χ1n) is 7.13. The van der Waals surface area contributed by atoms with E-state index in [1.807, 2.05) is 6.92 Å². The first kappa shape index (κ1) is 16.7. The van der Waals surface area contributed by atoms with Crippen LogP contribution < -0.4 is 0 Å². The Balaban J connectivity index is 2.27. The zero-order valence-electron chi connectivity index (χ0n) is 13.6. The topological polar surface area (TPSA) is 99.1 Å². The largest absolute Gasteiger partial charge is 0.468 e. The number of H-pyrrole nitrogens is 1. The predicted octanol–water partition coefficient (Wildman–Crippen LogP) is 0.895. The molecule has 2 aromatic rings. The molecule has 0 aliphatic heterocycles. The molecule has 2 rings (SSSR count). The van der Waals surface area contributed by atoms with Gasteiger partial charge in [-0.3, -0.25) is 9.59 Å². The van der Waals surface area contributed by atoms with Crippen LogP contribution in [0.25, 0.3) is 0 Å². The lowest BCUT2D eigenvalue weighted by atomic mass is 10.0. The molecule has 0 fully saturated rings. The summed E-state index contributed by atoms with van der Waals surface area (Å²) < 4.78 is 11.2. The minimum atomic E-state index is -0.572. The molecule has 0 amide bonds. The molecule has 0 saturated carbocycles. The number of aromatic amines is 1. The average molecular weight is 320 g/mol. The maximum Gasteiger partial charge on any atom is 0.325 e. The summed E-state index contributed by atoms with van der Waals surface area (Å²) in [5.41, 5.74) is 1.36. The van der Waals surface area contributed by atoms with E-state index < -0.39 is 5.92 Å². The number of imidazole rings is 2. The Hall–Kier alpha value is -2.64. The van der Waals surface area contributed by atoms with Gasteiger partial charge in [0.05, 0.1) is 19.9 Å². The van der Waals surface area contributed by atoms with Crippen LogP contribution in [-0.4, -0.2) is 45.7 Å². The van der Waals surface area contributed by atoms with E-state index in [0.29, 0.717) is 17.9 Å². The molecule has 8 heteroatoms. The maximum atomic E-state index is 12.1. The van der Waals surface area contributed by atoms with Gasteiger partial charge in [-0.05, 0) is 13.8 Å². The van der Waals surface area contributed by atoms with Crippen LogP contribution in [-0.2, 0) is 32.0 Å². The van der Waals surface area contributed by atoms with Crippen LogP contribution in [0.15, 0.2) is 12.4 Å². The number of aromatic nitrogens is 4. The number of hydrogen-bond donors (Lipinski definition) is 1. The third-order valence-electron chi connectivity index (χ3n) is 3.54. The molecule has 23 heavy (non-hydrogen) atoms. The second-order valence-electron chi connectivity index (χ2n) is 5.19. The summed E-state index contributed by atoms with van der Waals surface area (Å²) in [6, 6.07) is 0. The van der Waals surface area contributed by atoms with Crippen LogP contribution in [0.1, 0.15) is 29.0 Å². The molecule has 1 unspecified atom stereocenters. The molecule has 0 bridgehead atoms. The Morgan fingerprint density at radius 2 is 2.04 bits per heavy atom. The van der Waals surface area contributed by atoms with Crippen molar-refractivity contribution >= 4 is 11.9 Å². The van der Waals surface area contributed by atoms with Gasteiger partial charge in [0, 0.05) is 24.5 Å². The second-order valence-corrected chi connectivity index (χ2v) is 5.19. The lowest BCUT2D eigenvalue weighted by Gasteiger charge is -2.11. The fourth-order valence-corrected chi connectivity index (χ4v) is 2.31. The molecular formula is C15H20N4O4. The van der Waals surface area contributed by atoms with E-state index in [9.17, 15) is 9.59 Å². The van der Waals surface area contributed by atoms with E-state index in [1.54, 1.807) is 23.9 Å². The molecular weight excluding hydrogens is 300 g/mol. The SMILES string of the molecule is COC(=O)Cn1cc(C(Cc2cnc(C)[nH]2)C(=O)OC)nc1C. The van der Waals surface area contributed by atoms with Crippen LogP contribution in [0.4, 0.5) is 0 Å². The number of carbonyl (C=O) groups excluding carboxylic acids is 2. The fourth-order valence-electron chi connectivity index (χ4n) is 2.31. The second kappa shape index (κ2) is 7.08. The highest BCUT2D eigenvalue weighted by atomic mass is 16.5. The minimum absolute atomic E-state index is 0.0480. The van der Waals surface area contributed by atoms with Gasteiger partial charge in [0.15, 0.2) is 0 Å². The van der Waals surface area contributed by atoms with Crippen molar-refractivity contribution in [3.05, 3.63) is 35.4 Å². The third kappa shape index (κ3) is 3.97. The number of esters is 2. The van der Waals surface area contributed by atoms with Crippen molar-refractivity contribution in [3.63, 3.8) is 0 Å². The summed E-state index contributed by atoms with van der Waals surface area (Å²) in [6.07, 6.45) is 3.75. The Bertz CT molecular complexity index is 704. The average Bonchev–Trinajstić information content (AvgIpc) is 3.10. The Kier molecular flexibility index (Phi) is 5.15. The molecule has 1 N–H and O–H groups in total. The lowest BCUT2D eigenvalue weighted by molar-refractivity contribution is -0.142. The highest BCUT2D eigenvalue weighted by Gasteiger charge is 2.26. The van der Waals surface area contributed by atoms with Gasteiger partial charge in [0.1, 0.15) is 24.1 Å². The molecule has 0 aromatic carbocycles. The maximum absolute atomic E-state index is 12.1. The van der Waals surface area contributed by atoms with Crippen molar-refractivity contribution in [1.29, 1.82) is 0 Å². The summed E-state index contributed by atoms with van der Waals surface area (Å²) >= 11 is 0. The van der Waals surface area contributed by atoms with E-state index in [1.165, 1.54) is 14.2 Å². The van der Waals surface area contributed by atoms with Gasteiger partial charge in [-0.25, -0.2) is 9.97 Å². The molecule has 2 aromatic heterocycles. The standard InChI is InChI=1S/C15H20N4O4/c1-9-16-6-11(17-9)5-12(15(21)23-4)13-7-19(10(2)18-13)8-14(20)22-3/h6-7,12H,5,8H2,1-4H3,(H,16,17). The van der Waals surface area contributed by atoms with E-state index in [4.69, 9.17) is 4.74 Å². The Labute approximate surface area is 133 Å². The van der Waals surface area contributed by atoms with Crippen molar-refractivity contribution < 1.29 is 19.1 Å². The van der Waals surface area contributed by atoms with Gasteiger partial charge < -0.3 is 19.0 Å². The van der Waals surface area contributed by atoms with E-state index in [2.05, 4.69) is 19.7 Å². The van der Waals surface area contributed by atoms with Gasteiger partial charge in [0.25, 0.3) is 0 Å². The number of carbonyl (C=O) groups is 2. The van der Waals surface area contributed by atoms with Crippen molar-refractivity contribution in [2.75, 3.05) is 14.2 Å². The number of aryl methyl sites for hydroxylation is 2. The summed E-state index contributed by atoms with van der Waals surface area (Å²) in [5, 5.41) is 0. The van der Waals surface area contributed by atoms with E-state index >= 15 is 0 Å². The predicted molar refractivity (Wildman–Crippen MR) is 80.8 cm³/mol.